The van der Waals surface area contributed by atoms with Crippen LogP contribution in [0.5, 0.6) is 11.5 Å². The summed E-state index contributed by atoms with van der Waals surface area (Å²) in [6.45, 7) is 0. The van der Waals surface area contributed by atoms with Crippen molar-refractivity contribution in [3.63, 3.8) is 0 Å². The number of anilines is 1. The zero-order valence-corrected chi connectivity index (χ0v) is 13.1. The van der Waals surface area contributed by atoms with Crippen LogP contribution >= 0.6 is 11.3 Å². The zero-order chi connectivity index (χ0) is 15.4. The van der Waals surface area contributed by atoms with Crippen molar-refractivity contribution in [1.29, 1.82) is 0 Å². The number of para-hydroxylation sites is 1. The van der Waals surface area contributed by atoms with Gasteiger partial charge in [0, 0.05) is 0 Å². The molecule has 0 radical (unpaired) electrons. The number of hydrazone groups is 1. The normalized spacial score (nSPS) is 11.0. The molecule has 1 heterocycles. The van der Waals surface area contributed by atoms with Crippen LogP contribution in [0.25, 0.3) is 10.2 Å². The van der Waals surface area contributed by atoms with E-state index in [2.05, 4.69) is 15.5 Å². The lowest BCUT2D eigenvalue weighted by molar-refractivity contribution is 0.355. The smallest absolute Gasteiger partial charge is 0.204 e. The van der Waals surface area contributed by atoms with Gasteiger partial charge in [-0.1, -0.05) is 23.5 Å². The summed E-state index contributed by atoms with van der Waals surface area (Å²) in [5.74, 6) is 1.37. The molecule has 0 spiro atoms. The van der Waals surface area contributed by atoms with Gasteiger partial charge in [0.1, 0.15) is 0 Å². The van der Waals surface area contributed by atoms with Gasteiger partial charge in [-0.25, -0.2) is 4.98 Å². The second kappa shape index (κ2) is 6.44. The number of hydrogen-bond acceptors (Lipinski definition) is 6. The third-order valence-electron chi connectivity index (χ3n) is 3.08. The summed E-state index contributed by atoms with van der Waals surface area (Å²) in [5, 5.41) is 4.98. The Morgan fingerprint density at radius 2 is 1.91 bits per heavy atom. The fourth-order valence-corrected chi connectivity index (χ4v) is 2.83. The summed E-state index contributed by atoms with van der Waals surface area (Å²) < 4.78 is 11.6. The van der Waals surface area contributed by atoms with E-state index in [1.807, 2.05) is 42.5 Å². The van der Waals surface area contributed by atoms with Gasteiger partial charge in [0.25, 0.3) is 0 Å². The van der Waals surface area contributed by atoms with Crippen molar-refractivity contribution in [3.8, 4) is 11.5 Å². The number of rotatable bonds is 5. The van der Waals surface area contributed by atoms with E-state index in [-0.39, 0.29) is 0 Å². The predicted molar refractivity (Wildman–Crippen MR) is 90.4 cm³/mol. The average Bonchev–Trinajstić information content (AvgIpc) is 2.97. The lowest BCUT2D eigenvalue weighted by Gasteiger charge is -2.07. The molecule has 5 nitrogen and oxygen atoms in total. The van der Waals surface area contributed by atoms with Crippen LogP contribution in [0.4, 0.5) is 5.13 Å². The summed E-state index contributed by atoms with van der Waals surface area (Å²) in [6, 6.07) is 13.6. The molecule has 2 aromatic carbocycles. The molecule has 22 heavy (non-hydrogen) atoms. The van der Waals surface area contributed by atoms with Crippen LogP contribution < -0.4 is 14.9 Å². The van der Waals surface area contributed by atoms with Crippen LogP contribution in [0.2, 0.25) is 0 Å². The van der Waals surface area contributed by atoms with E-state index < -0.39 is 0 Å². The first-order chi connectivity index (χ1) is 10.8. The lowest BCUT2D eigenvalue weighted by atomic mass is 10.2. The Labute approximate surface area is 132 Å². The Morgan fingerprint density at radius 3 is 2.68 bits per heavy atom. The summed E-state index contributed by atoms with van der Waals surface area (Å²) >= 11 is 1.57. The Hall–Kier alpha value is -2.60. The van der Waals surface area contributed by atoms with Gasteiger partial charge >= 0.3 is 0 Å². The molecule has 0 saturated heterocycles. The number of fused-ring (bicyclic) bond motifs is 1. The Bertz CT molecular complexity index is 781. The molecule has 0 bridgehead atoms. The Morgan fingerprint density at radius 1 is 1.09 bits per heavy atom. The monoisotopic (exact) mass is 313 g/mol. The maximum atomic E-state index is 5.26. The number of hydrogen-bond donors (Lipinski definition) is 1. The minimum absolute atomic E-state index is 0.673. The molecule has 0 aliphatic heterocycles. The molecular weight excluding hydrogens is 298 g/mol. The molecule has 0 saturated carbocycles. The first-order valence-electron chi connectivity index (χ1n) is 6.67. The molecule has 0 aliphatic rings. The van der Waals surface area contributed by atoms with Crippen molar-refractivity contribution in [2.45, 2.75) is 0 Å². The molecule has 3 aromatic rings. The maximum absolute atomic E-state index is 5.26. The molecule has 0 atom stereocenters. The second-order valence-corrected chi connectivity index (χ2v) is 5.50. The van der Waals surface area contributed by atoms with Gasteiger partial charge in [-0.05, 0) is 35.9 Å². The number of thiazole rings is 1. The zero-order valence-electron chi connectivity index (χ0n) is 12.2. The minimum atomic E-state index is 0.673. The van der Waals surface area contributed by atoms with Gasteiger partial charge in [-0.2, -0.15) is 5.10 Å². The summed E-state index contributed by atoms with van der Waals surface area (Å²) in [7, 11) is 3.22. The number of methoxy groups -OCH3 is 2. The van der Waals surface area contributed by atoms with Crippen molar-refractivity contribution < 1.29 is 9.47 Å². The van der Waals surface area contributed by atoms with Crippen molar-refractivity contribution in [3.05, 3.63) is 48.0 Å². The molecule has 0 fully saturated rings. The molecule has 112 valence electrons. The van der Waals surface area contributed by atoms with E-state index in [0.717, 1.165) is 20.9 Å². The fourth-order valence-electron chi connectivity index (χ4n) is 2.02. The van der Waals surface area contributed by atoms with Gasteiger partial charge in [-0.3, -0.25) is 5.43 Å². The largest absolute Gasteiger partial charge is 0.493 e. The van der Waals surface area contributed by atoms with E-state index in [1.165, 1.54) is 0 Å². The number of aromatic nitrogens is 1. The quantitative estimate of drug-likeness (QED) is 0.575. The van der Waals surface area contributed by atoms with Gasteiger partial charge < -0.3 is 9.47 Å². The van der Waals surface area contributed by atoms with Crippen LogP contribution in [0.3, 0.4) is 0 Å². The van der Waals surface area contributed by atoms with Crippen LogP contribution in [-0.2, 0) is 0 Å². The molecule has 0 unspecified atom stereocenters. The van der Waals surface area contributed by atoms with Crippen molar-refractivity contribution in [2.75, 3.05) is 19.6 Å². The molecule has 3 rings (SSSR count). The molecule has 1 N–H and O–H groups in total. The fraction of sp³-hybridized carbons (Fsp3) is 0.125. The molecule has 1 aromatic heterocycles. The summed E-state index contributed by atoms with van der Waals surface area (Å²) in [4.78, 5) is 4.45. The highest BCUT2D eigenvalue weighted by Gasteiger charge is 2.03. The average molecular weight is 313 g/mol. The summed E-state index contributed by atoms with van der Waals surface area (Å²) in [6.07, 6.45) is 1.72. The van der Waals surface area contributed by atoms with Gasteiger partial charge in [0.05, 0.1) is 30.7 Å². The van der Waals surface area contributed by atoms with Crippen molar-refractivity contribution in [2.24, 2.45) is 5.10 Å². The number of ether oxygens (including phenoxy) is 2. The highest BCUT2D eigenvalue weighted by Crippen LogP contribution is 2.27. The van der Waals surface area contributed by atoms with Crippen LogP contribution in [0.1, 0.15) is 5.56 Å². The van der Waals surface area contributed by atoms with Gasteiger partial charge in [-0.15, -0.1) is 0 Å². The minimum Gasteiger partial charge on any atom is -0.493 e. The third kappa shape index (κ3) is 3.01. The Kier molecular flexibility index (Phi) is 4.20. The molecule has 0 aliphatic carbocycles. The van der Waals surface area contributed by atoms with Crippen molar-refractivity contribution >= 4 is 32.9 Å². The maximum Gasteiger partial charge on any atom is 0.204 e. The van der Waals surface area contributed by atoms with Gasteiger partial charge in [0.15, 0.2) is 11.5 Å². The second-order valence-electron chi connectivity index (χ2n) is 4.47. The van der Waals surface area contributed by atoms with Gasteiger partial charge in [0.2, 0.25) is 5.13 Å². The third-order valence-corrected chi connectivity index (χ3v) is 4.02. The molecule has 6 heteroatoms. The van der Waals surface area contributed by atoms with Crippen LogP contribution in [0, 0.1) is 0 Å². The van der Waals surface area contributed by atoms with E-state index in [9.17, 15) is 0 Å². The first kappa shape index (κ1) is 14.3. The summed E-state index contributed by atoms with van der Waals surface area (Å²) in [5.41, 5.74) is 4.83. The molecular formula is C16H15N3O2S. The highest BCUT2D eigenvalue weighted by atomic mass is 32.1. The van der Waals surface area contributed by atoms with E-state index in [1.54, 1.807) is 31.8 Å². The Balaban J connectivity index is 1.74. The molecule has 0 amide bonds. The highest BCUT2D eigenvalue weighted by molar-refractivity contribution is 7.22. The first-order valence-corrected chi connectivity index (χ1v) is 7.48. The SMILES string of the molecule is COc1ccc(/C=N/Nc2nc3ccccc3s2)cc1OC. The van der Waals surface area contributed by atoms with Crippen LogP contribution in [-0.4, -0.2) is 25.4 Å². The number of nitrogens with one attached hydrogen (secondary N) is 1. The van der Waals surface area contributed by atoms with Crippen molar-refractivity contribution in [1.82, 2.24) is 4.98 Å². The number of nitrogens with zero attached hydrogens (tertiary/aromatic N) is 2. The lowest BCUT2D eigenvalue weighted by Crippen LogP contribution is -1.93. The van der Waals surface area contributed by atoms with E-state index in [4.69, 9.17) is 9.47 Å². The van der Waals surface area contributed by atoms with E-state index >= 15 is 0 Å². The predicted octanol–water partition coefficient (Wildman–Crippen LogP) is 3.76. The topological polar surface area (TPSA) is 55.7 Å². The van der Waals surface area contributed by atoms with E-state index in [0.29, 0.717) is 11.5 Å². The number of benzene rings is 2. The van der Waals surface area contributed by atoms with Crippen LogP contribution in [0.15, 0.2) is 47.6 Å². The standard InChI is InChI=1S/C16H15N3O2S/c1-20-13-8-7-11(9-14(13)21-2)10-17-19-16-18-12-5-3-4-6-15(12)22-16/h3-10H,1-2H3,(H,18,19)/b17-10+.